The van der Waals surface area contributed by atoms with E-state index >= 15 is 0 Å². The third-order valence-electron chi connectivity index (χ3n) is 3.27. The van der Waals surface area contributed by atoms with Crippen molar-refractivity contribution < 1.29 is 14.3 Å². The molecule has 4 nitrogen and oxygen atoms in total. The van der Waals surface area contributed by atoms with Gasteiger partial charge in [-0.15, -0.1) is 0 Å². The lowest BCUT2D eigenvalue weighted by molar-refractivity contribution is -0.122. The fourth-order valence-corrected chi connectivity index (χ4v) is 2.08. The zero-order chi connectivity index (χ0) is 17.4. The molecule has 24 heavy (non-hydrogen) atoms. The second-order valence-electron chi connectivity index (χ2n) is 5.59. The van der Waals surface area contributed by atoms with Gasteiger partial charge in [0.2, 0.25) is 0 Å². The molecule has 0 aliphatic heterocycles. The fourth-order valence-electron chi connectivity index (χ4n) is 2.08. The van der Waals surface area contributed by atoms with Gasteiger partial charge in [-0.1, -0.05) is 37.8 Å². The van der Waals surface area contributed by atoms with Crippen LogP contribution >= 0.6 is 0 Å². The Morgan fingerprint density at radius 3 is 2.50 bits per heavy atom. The lowest BCUT2D eigenvalue weighted by Gasteiger charge is -2.17. The number of hydrogen-bond acceptors (Lipinski definition) is 3. The van der Waals surface area contributed by atoms with Gasteiger partial charge in [0.05, 0.1) is 0 Å². The molecule has 1 atom stereocenters. The zero-order valence-electron chi connectivity index (χ0n) is 14.1. The average molecular weight is 325 g/mol. The minimum Gasteiger partial charge on any atom is -0.489 e. The van der Waals surface area contributed by atoms with Gasteiger partial charge in [0.15, 0.2) is 6.10 Å². The first-order chi connectivity index (χ1) is 11.6. The standard InChI is InChI=1S/C20H23NO3/c1-4-19(24-17-10-6-5-7-11-17)20(22)21-16-9-8-12-18(13-16)23-14-15(2)3/h5-13,19H,2,4,14H2,1,3H3,(H,21,22). The minimum atomic E-state index is -0.549. The molecule has 2 aromatic carbocycles. The normalized spacial score (nSPS) is 11.4. The van der Waals surface area contributed by atoms with Crippen molar-refractivity contribution in [2.75, 3.05) is 11.9 Å². The number of carbonyl (C=O) groups excluding carboxylic acids is 1. The van der Waals surface area contributed by atoms with E-state index in [1.807, 2.05) is 62.4 Å². The molecule has 0 aliphatic carbocycles. The second kappa shape index (κ2) is 8.77. The smallest absolute Gasteiger partial charge is 0.265 e. The molecular weight excluding hydrogens is 302 g/mol. The van der Waals surface area contributed by atoms with Crippen LogP contribution in [-0.4, -0.2) is 18.6 Å². The first kappa shape index (κ1) is 17.6. The molecule has 0 fully saturated rings. The highest BCUT2D eigenvalue weighted by molar-refractivity contribution is 5.94. The van der Waals surface area contributed by atoms with Crippen molar-refractivity contribution in [2.45, 2.75) is 26.4 Å². The topological polar surface area (TPSA) is 47.6 Å². The van der Waals surface area contributed by atoms with Crippen molar-refractivity contribution in [3.05, 3.63) is 66.7 Å². The maximum absolute atomic E-state index is 12.4. The molecule has 0 aliphatic rings. The summed E-state index contributed by atoms with van der Waals surface area (Å²) in [5.74, 6) is 1.18. The van der Waals surface area contributed by atoms with Gasteiger partial charge in [-0.2, -0.15) is 0 Å². The molecule has 0 saturated heterocycles. The summed E-state index contributed by atoms with van der Waals surface area (Å²) in [7, 11) is 0. The summed E-state index contributed by atoms with van der Waals surface area (Å²) in [6.07, 6.45) is 0.0273. The molecule has 1 N–H and O–H groups in total. The number of para-hydroxylation sites is 1. The summed E-state index contributed by atoms with van der Waals surface area (Å²) in [4.78, 5) is 12.4. The summed E-state index contributed by atoms with van der Waals surface area (Å²) in [5, 5.41) is 2.87. The Hall–Kier alpha value is -2.75. The lowest BCUT2D eigenvalue weighted by atomic mass is 10.2. The van der Waals surface area contributed by atoms with Crippen LogP contribution < -0.4 is 14.8 Å². The van der Waals surface area contributed by atoms with Crippen molar-refractivity contribution in [3.63, 3.8) is 0 Å². The van der Waals surface area contributed by atoms with Gasteiger partial charge in [-0.3, -0.25) is 4.79 Å². The van der Waals surface area contributed by atoms with Crippen molar-refractivity contribution in [2.24, 2.45) is 0 Å². The highest BCUT2D eigenvalue weighted by Crippen LogP contribution is 2.19. The van der Waals surface area contributed by atoms with Crippen LogP contribution in [0.3, 0.4) is 0 Å². The molecule has 0 radical (unpaired) electrons. The van der Waals surface area contributed by atoms with E-state index in [1.54, 1.807) is 6.07 Å². The Labute approximate surface area is 143 Å². The van der Waals surface area contributed by atoms with Crippen LogP contribution in [0.4, 0.5) is 5.69 Å². The molecular formula is C20H23NO3. The van der Waals surface area contributed by atoms with Crippen LogP contribution in [-0.2, 0) is 4.79 Å². The van der Waals surface area contributed by atoms with Crippen molar-refractivity contribution in [3.8, 4) is 11.5 Å². The molecule has 0 heterocycles. The van der Waals surface area contributed by atoms with Gasteiger partial charge in [0.25, 0.3) is 5.91 Å². The van der Waals surface area contributed by atoms with E-state index in [4.69, 9.17) is 9.47 Å². The Balaban J connectivity index is 1.99. The number of hydrogen-bond donors (Lipinski definition) is 1. The van der Waals surface area contributed by atoms with E-state index in [2.05, 4.69) is 11.9 Å². The zero-order valence-corrected chi connectivity index (χ0v) is 14.1. The highest BCUT2D eigenvalue weighted by Gasteiger charge is 2.18. The Bertz CT molecular complexity index is 682. The minimum absolute atomic E-state index is 0.182. The molecule has 0 aromatic heterocycles. The second-order valence-corrected chi connectivity index (χ2v) is 5.59. The molecule has 2 rings (SSSR count). The quantitative estimate of drug-likeness (QED) is 0.730. The van der Waals surface area contributed by atoms with Gasteiger partial charge in [-0.25, -0.2) is 0 Å². The summed E-state index contributed by atoms with van der Waals surface area (Å²) in [6, 6.07) is 16.6. The van der Waals surface area contributed by atoms with E-state index < -0.39 is 6.10 Å². The van der Waals surface area contributed by atoms with Crippen LogP contribution in [0, 0.1) is 0 Å². The Morgan fingerprint density at radius 2 is 1.83 bits per heavy atom. The fraction of sp³-hybridized carbons (Fsp3) is 0.250. The molecule has 0 saturated carbocycles. The third-order valence-corrected chi connectivity index (χ3v) is 3.27. The summed E-state index contributed by atoms with van der Waals surface area (Å²) >= 11 is 0. The van der Waals surface area contributed by atoms with Gasteiger partial charge in [0, 0.05) is 11.8 Å². The predicted molar refractivity (Wildman–Crippen MR) is 96.5 cm³/mol. The summed E-state index contributed by atoms with van der Waals surface area (Å²) < 4.78 is 11.3. The maximum atomic E-state index is 12.4. The van der Waals surface area contributed by atoms with Gasteiger partial charge >= 0.3 is 0 Å². The largest absolute Gasteiger partial charge is 0.489 e. The third kappa shape index (κ3) is 5.47. The number of ether oxygens (including phenoxy) is 2. The summed E-state index contributed by atoms with van der Waals surface area (Å²) in [6.45, 7) is 8.07. The number of carbonyl (C=O) groups is 1. The summed E-state index contributed by atoms with van der Waals surface area (Å²) in [5.41, 5.74) is 1.61. The van der Waals surface area contributed by atoms with Gasteiger partial charge in [0.1, 0.15) is 18.1 Å². The number of nitrogens with one attached hydrogen (secondary N) is 1. The van der Waals surface area contributed by atoms with E-state index in [-0.39, 0.29) is 5.91 Å². The lowest BCUT2D eigenvalue weighted by Crippen LogP contribution is -2.32. The molecule has 4 heteroatoms. The SMILES string of the molecule is C=C(C)COc1cccc(NC(=O)C(CC)Oc2ccccc2)c1. The van der Waals surface area contributed by atoms with Crippen LogP contribution in [0.15, 0.2) is 66.7 Å². The van der Waals surface area contributed by atoms with Crippen LogP contribution in [0.25, 0.3) is 0 Å². The number of amides is 1. The number of rotatable bonds is 8. The van der Waals surface area contributed by atoms with Crippen LogP contribution in [0.1, 0.15) is 20.3 Å². The van der Waals surface area contributed by atoms with Gasteiger partial charge in [-0.05, 0) is 43.2 Å². The van der Waals surface area contributed by atoms with Crippen LogP contribution in [0.5, 0.6) is 11.5 Å². The van der Waals surface area contributed by atoms with E-state index in [0.29, 0.717) is 30.2 Å². The molecule has 0 spiro atoms. The molecule has 2 aromatic rings. The first-order valence-corrected chi connectivity index (χ1v) is 7.98. The van der Waals surface area contributed by atoms with Crippen molar-refractivity contribution >= 4 is 11.6 Å². The van der Waals surface area contributed by atoms with E-state index in [0.717, 1.165) is 5.57 Å². The Morgan fingerprint density at radius 1 is 1.12 bits per heavy atom. The maximum Gasteiger partial charge on any atom is 0.265 e. The number of anilines is 1. The Kier molecular flexibility index (Phi) is 6.43. The van der Waals surface area contributed by atoms with E-state index in [9.17, 15) is 4.79 Å². The monoisotopic (exact) mass is 325 g/mol. The molecule has 0 bridgehead atoms. The number of benzene rings is 2. The molecule has 1 unspecified atom stereocenters. The molecule has 1 amide bonds. The highest BCUT2D eigenvalue weighted by atomic mass is 16.5. The van der Waals surface area contributed by atoms with Crippen molar-refractivity contribution in [1.29, 1.82) is 0 Å². The average Bonchev–Trinajstić information content (AvgIpc) is 2.59. The molecule has 126 valence electrons. The predicted octanol–water partition coefficient (Wildman–Crippen LogP) is 4.44. The van der Waals surface area contributed by atoms with Crippen LogP contribution in [0.2, 0.25) is 0 Å². The van der Waals surface area contributed by atoms with E-state index in [1.165, 1.54) is 0 Å². The first-order valence-electron chi connectivity index (χ1n) is 7.98. The van der Waals surface area contributed by atoms with Crippen molar-refractivity contribution in [1.82, 2.24) is 0 Å². The van der Waals surface area contributed by atoms with Gasteiger partial charge < -0.3 is 14.8 Å².